The van der Waals surface area contributed by atoms with Gasteiger partial charge in [-0.05, 0) is 73.2 Å². The van der Waals surface area contributed by atoms with Crippen LogP contribution in [0.1, 0.15) is 78.2 Å². The molecule has 1 unspecified atom stereocenters. The van der Waals surface area contributed by atoms with Gasteiger partial charge in [-0.1, -0.05) is 57.0 Å². The van der Waals surface area contributed by atoms with Gasteiger partial charge in [0.2, 0.25) is 0 Å². The van der Waals surface area contributed by atoms with Gasteiger partial charge >= 0.3 is 0 Å². The van der Waals surface area contributed by atoms with Crippen molar-refractivity contribution >= 4 is 5.91 Å². The molecular formula is C26H37N3O. The molecule has 0 aliphatic carbocycles. The summed E-state index contributed by atoms with van der Waals surface area (Å²) in [6.07, 6.45) is 6.59. The lowest BCUT2D eigenvalue weighted by Gasteiger charge is -2.27. The van der Waals surface area contributed by atoms with E-state index in [0.29, 0.717) is 12.6 Å². The van der Waals surface area contributed by atoms with Gasteiger partial charge in [0.25, 0.3) is 5.91 Å². The molecule has 30 heavy (non-hydrogen) atoms. The van der Waals surface area contributed by atoms with E-state index in [1.807, 2.05) is 6.07 Å². The van der Waals surface area contributed by atoms with Crippen molar-refractivity contribution in [3.63, 3.8) is 0 Å². The summed E-state index contributed by atoms with van der Waals surface area (Å²) in [5.41, 5.74) is 6.18. The van der Waals surface area contributed by atoms with E-state index in [0.717, 1.165) is 50.9 Å². The Bertz CT molecular complexity index is 818. The van der Waals surface area contributed by atoms with Crippen LogP contribution in [0.15, 0.2) is 42.5 Å². The van der Waals surface area contributed by atoms with E-state index in [1.54, 1.807) is 0 Å². The maximum Gasteiger partial charge on any atom is 0.251 e. The fourth-order valence-electron chi connectivity index (χ4n) is 4.15. The summed E-state index contributed by atoms with van der Waals surface area (Å²) in [4.78, 5) is 12.6. The van der Waals surface area contributed by atoms with Gasteiger partial charge in [0, 0.05) is 24.7 Å². The number of fused-ring (bicyclic) bond motifs is 1. The van der Waals surface area contributed by atoms with Crippen molar-refractivity contribution in [1.82, 2.24) is 16.0 Å². The molecule has 1 amide bonds. The van der Waals surface area contributed by atoms with Crippen molar-refractivity contribution in [2.75, 3.05) is 19.6 Å². The molecule has 2 aromatic carbocycles. The third-order valence-corrected chi connectivity index (χ3v) is 5.96. The van der Waals surface area contributed by atoms with Gasteiger partial charge in [-0.15, -0.1) is 0 Å². The SMILES string of the molecule is CCCCC1NCCc2ccc(C(=O)NCCCNCc3cccc(CC)c3)cc21. The fraction of sp³-hybridized carbons (Fsp3) is 0.500. The number of aryl methyl sites for hydroxylation is 1. The Hall–Kier alpha value is -2.17. The minimum atomic E-state index is 0.0354. The number of nitrogens with one attached hydrogen (secondary N) is 3. The van der Waals surface area contributed by atoms with Crippen LogP contribution in [-0.4, -0.2) is 25.5 Å². The standard InChI is InChI=1S/C26H37N3O/c1-3-5-10-25-24-18-23(12-11-22(24)13-16-28-25)26(30)29-15-7-14-27-19-21-9-6-8-20(4-2)17-21/h6,8-9,11-12,17-18,25,27-28H,3-5,7,10,13-16,19H2,1-2H3,(H,29,30). The van der Waals surface area contributed by atoms with Crippen LogP contribution in [0.3, 0.4) is 0 Å². The molecule has 0 bridgehead atoms. The highest BCUT2D eigenvalue weighted by atomic mass is 16.1. The molecule has 0 saturated carbocycles. The van der Waals surface area contributed by atoms with E-state index in [1.165, 1.54) is 35.1 Å². The first-order valence-corrected chi connectivity index (χ1v) is 11.6. The van der Waals surface area contributed by atoms with Crippen molar-refractivity contribution in [2.24, 2.45) is 0 Å². The van der Waals surface area contributed by atoms with E-state index in [2.05, 4.69) is 66.2 Å². The number of hydrogen-bond acceptors (Lipinski definition) is 3. The van der Waals surface area contributed by atoms with Gasteiger partial charge in [-0.25, -0.2) is 0 Å². The lowest BCUT2D eigenvalue weighted by Crippen LogP contribution is -2.31. The van der Waals surface area contributed by atoms with Crippen molar-refractivity contribution < 1.29 is 4.79 Å². The minimum absolute atomic E-state index is 0.0354. The molecule has 0 radical (unpaired) electrons. The van der Waals surface area contributed by atoms with Crippen molar-refractivity contribution in [2.45, 2.75) is 65.0 Å². The van der Waals surface area contributed by atoms with E-state index < -0.39 is 0 Å². The third-order valence-electron chi connectivity index (χ3n) is 5.96. The fourth-order valence-corrected chi connectivity index (χ4v) is 4.15. The van der Waals surface area contributed by atoms with Gasteiger partial charge in [0.05, 0.1) is 0 Å². The first-order valence-electron chi connectivity index (χ1n) is 11.6. The van der Waals surface area contributed by atoms with Gasteiger partial charge in [-0.2, -0.15) is 0 Å². The summed E-state index contributed by atoms with van der Waals surface area (Å²) < 4.78 is 0. The van der Waals surface area contributed by atoms with E-state index in [-0.39, 0.29) is 5.91 Å². The molecule has 0 fully saturated rings. The van der Waals surface area contributed by atoms with Crippen molar-refractivity contribution in [3.05, 3.63) is 70.3 Å². The van der Waals surface area contributed by atoms with Crippen LogP contribution < -0.4 is 16.0 Å². The number of carbonyl (C=O) groups is 1. The average Bonchev–Trinajstić information content (AvgIpc) is 2.79. The van der Waals surface area contributed by atoms with Gasteiger partial charge in [0.1, 0.15) is 0 Å². The summed E-state index contributed by atoms with van der Waals surface area (Å²) >= 11 is 0. The summed E-state index contributed by atoms with van der Waals surface area (Å²) in [6.45, 7) is 7.89. The van der Waals surface area contributed by atoms with Gasteiger partial charge in [-0.3, -0.25) is 4.79 Å². The predicted octanol–water partition coefficient (Wildman–Crippen LogP) is 4.54. The molecule has 3 N–H and O–H groups in total. The number of rotatable bonds is 11. The van der Waals surface area contributed by atoms with Gasteiger partial charge in [0.15, 0.2) is 0 Å². The number of unbranched alkanes of at least 4 members (excludes halogenated alkanes) is 1. The Labute approximate surface area is 181 Å². The quantitative estimate of drug-likeness (QED) is 0.480. The molecule has 1 aliphatic rings. The van der Waals surface area contributed by atoms with Crippen LogP contribution in [0, 0.1) is 0 Å². The van der Waals surface area contributed by atoms with Crippen LogP contribution in [-0.2, 0) is 19.4 Å². The molecule has 1 aliphatic heterocycles. The second-order valence-corrected chi connectivity index (χ2v) is 8.27. The maximum absolute atomic E-state index is 12.6. The smallest absolute Gasteiger partial charge is 0.251 e. The molecule has 3 rings (SSSR count). The third kappa shape index (κ3) is 6.41. The largest absolute Gasteiger partial charge is 0.352 e. The molecule has 0 spiro atoms. The molecule has 162 valence electrons. The Morgan fingerprint density at radius 3 is 2.77 bits per heavy atom. The lowest BCUT2D eigenvalue weighted by molar-refractivity contribution is 0.0953. The van der Waals surface area contributed by atoms with E-state index >= 15 is 0 Å². The Morgan fingerprint density at radius 1 is 1.07 bits per heavy atom. The normalized spacial score (nSPS) is 15.6. The highest BCUT2D eigenvalue weighted by Crippen LogP contribution is 2.28. The summed E-state index contributed by atoms with van der Waals surface area (Å²) in [5.74, 6) is 0.0354. The molecule has 4 nitrogen and oxygen atoms in total. The number of amides is 1. The zero-order chi connectivity index (χ0) is 21.2. The molecule has 1 atom stereocenters. The molecule has 4 heteroatoms. The summed E-state index contributed by atoms with van der Waals surface area (Å²) in [5, 5.41) is 10.2. The topological polar surface area (TPSA) is 53.2 Å². The minimum Gasteiger partial charge on any atom is -0.352 e. The van der Waals surface area contributed by atoms with Crippen LogP contribution in [0.25, 0.3) is 0 Å². The van der Waals surface area contributed by atoms with Crippen molar-refractivity contribution in [1.29, 1.82) is 0 Å². The van der Waals surface area contributed by atoms with Gasteiger partial charge < -0.3 is 16.0 Å². The highest BCUT2D eigenvalue weighted by Gasteiger charge is 2.20. The zero-order valence-corrected chi connectivity index (χ0v) is 18.6. The number of benzene rings is 2. The first-order chi connectivity index (χ1) is 14.7. The second kappa shape index (κ2) is 11.9. The van der Waals surface area contributed by atoms with Crippen molar-refractivity contribution in [3.8, 4) is 0 Å². The Kier molecular flexibility index (Phi) is 8.91. The second-order valence-electron chi connectivity index (χ2n) is 8.27. The molecular weight excluding hydrogens is 370 g/mol. The van der Waals surface area contributed by atoms with Crippen LogP contribution >= 0.6 is 0 Å². The summed E-state index contributed by atoms with van der Waals surface area (Å²) in [7, 11) is 0. The maximum atomic E-state index is 12.6. The predicted molar refractivity (Wildman–Crippen MR) is 125 cm³/mol. The average molecular weight is 408 g/mol. The van der Waals surface area contributed by atoms with Crippen LogP contribution in [0.2, 0.25) is 0 Å². The monoisotopic (exact) mass is 407 g/mol. The van der Waals surface area contributed by atoms with E-state index in [9.17, 15) is 4.79 Å². The lowest BCUT2D eigenvalue weighted by atomic mass is 9.89. The number of hydrogen-bond donors (Lipinski definition) is 3. The Balaban J connectivity index is 1.42. The first kappa shape index (κ1) is 22.5. The van der Waals surface area contributed by atoms with Crippen LogP contribution in [0.4, 0.5) is 0 Å². The summed E-state index contributed by atoms with van der Waals surface area (Å²) in [6, 6.07) is 15.3. The molecule has 0 aromatic heterocycles. The molecule has 2 aromatic rings. The highest BCUT2D eigenvalue weighted by molar-refractivity contribution is 5.94. The molecule has 1 heterocycles. The van der Waals surface area contributed by atoms with E-state index in [4.69, 9.17) is 0 Å². The Morgan fingerprint density at radius 2 is 1.93 bits per heavy atom. The van der Waals surface area contributed by atoms with Crippen LogP contribution in [0.5, 0.6) is 0 Å². The number of carbonyl (C=O) groups excluding carboxylic acids is 1. The molecule has 0 saturated heterocycles. The zero-order valence-electron chi connectivity index (χ0n) is 18.6.